The highest BCUT2D eigenvalue weighted by Gasteiger charge is 2.21. The van der Waals surface area contributed by atoms with Gasteiger partial charge in [0.15, 0.2) is 5.16 Å². The van der Waals surface area contributed by atoms with Crippen LogP contribution in [-0.2, 0) is 16.1 Å². The third kappa shape index (κ3) is 4.42. The Morgan fingerprint density at radius 3 is 2.70 bits per heavy atom. The van der Waals surface area contributed by atoms with Gasteiger partial charge in [-0.05, 0) is 44.0 Å². The Labute approximate surface area is 179 Å². The van der Waals surface area contributed by atoms with Crippen molar-refractivity contribution in [1.29, 1.82) is 0 Å². The maximum Gasteiger partial charge on any atom is 0.262 e. The number of ether oxygens (including phenoxy) is 1. The van der Waals surface area contributed by atoms with E-state index in [4.69, 9.17) is 9.72 Å². The minimum atomic E-state index is -0.0820. The van der Waals surface area contributed by atoms with Gasteiger partial charge in [-0.2, -0.15) is 0 Å². The summed E-state index contributed by atoms with van der Waals surface area (Å²) < 4.78 is 7.42. The molecule has 0 radical (unpaired) electrons. The molecule has 1 unspecified atom stereocenters. The SMILES string of the molecule is CCN(C(=O)CSc1nc2ccccc2c(=O)n1CC1CCCO1)c1ccccc1. The number of thioether (sulfide) groups is 1. The number of amides is 1. The summed E-state index contributed by atoms with van der Waals surface area (Å²) >= 11 is 1.31. The molecule has 3 aromatic rings. The number of nitrogens with zero attached hydrogens (tertiary/aromatic N) is 3. The normalized spacial score (nSPS) is 16.1. The molecule has 2 heterocycles. The van der Waals surface area contributed by atoms with Gasteiger partial charge in [-0.15, -0.1) is 0 Å². The van der Waals surface area contributed by atoms with E-state index in [0.717, 1.165) is 25.1 Å². The van der Waals surface area contributed by atoms with E-state index in [1.165, 1.54) is 11.8 Å². The lowest BCUT2D eigenvalue weighted by Gasteiger charge is -2.21. The number of fused-ring (bicyclic) bond motifs is 1. The molecule has 4 rings (SSSR count). The van der Waals surface area contributed by atoms with Crippen LogP contribution < -0.4 is 10.5 Å². The molecule has 7 heteroatoms. The highest BCUT2D eigenvalue weighted by molar-refractivity contribution is 7.99. The lowest BCUT2D eigenvalue weighted by molar-refractivity contribution is -0.116. The van der Waals surface area contributed by atoms with Gasteiger partial charge in [0.2, 0.25) is 5.91 Å². The Balaban J connectivity index is 1.60. The van der Waals surface area contributed by atoms with E-state index in [-0.39, 0.29) is 23.3 Å². The summed E-state index contributed by atoms with van der Waals surface area (Å²) in [5, 5.41) is 1.15. The highest BCUT2D eigenvalue weighted by atomic mass is 32.2. The van der Waals surface area contributed by atoms with Crippen molar-refractivity contribution in [1.82, 2.24) is 9.55 Å². The zero-order valence-electron chi connectivity index (χ0n) is 17.0. The topological polar surface area (TPSA) is 64.4 Å². The molecule has 0 aliphatic carbocycles. The number of aromatic nitrogens is 2. The number of para-hydroxylation sites is 2. The first-order chi connectivity index (χ1) is 14.7. The first kappa shape index (κ1) is 20.6. The van der Waals surface area contributed by atoms with Gasteiger partial charge in [-0.3, -0.25) is 14.2 Å². The molecule has 1 aromatic heterocycles. The van der Waals surface area contributed by atoms with Crippen molar-refractivity contribution in [2.45, 2.75) is 37.6 Å². The lowest BCUT2D eigenvalue weighted by atomic mass is 10.2. The summed E-state index contributed by atoms with van der Waals surface area (Å²) in [6.45, 7) is 3.72. The minimum absolute atomic E-state index is 0.0113. The van der Waals surface area contributed by atoms with Crippen molar-refractivity contribution >= 4 is 34.3 Å². The van der Waals surface area contributed by atoms with Crippen molar-refractivity contribution in [2.75, 3.05) is 23.8 Å². The Hall–Kier alpha value is -2.64. The molecule has 0 saturated carbocycles. The van der Waals surface area contributed by atoms with Crippen LogP contribution in [0.1, 0.15) is 19.8 Å². The van der Waals surface area contributed by atoms with Crippen molar-refractivity contribution in [3.05, 3.63) is 65.0 Å². The molecule has 30 heavy (non-hydrogen) atoms. The molecule has 0 N–H and O–H groups in total. The number of anilines is 1. The molecule has 2 aromatic carbocycles. The molecule has 1 amide bonds. The predicted octanol–water partition coefficient (Wildman–Crippen LogP) is 3.72. The van der Waals surface area contributed by atoms with Crippen LogP contribution in [-0.4, -0.2) is 40.5 Å². The standard InChI is InChI=1S/C23H25N3O3S/c1-2-25(17-9-4-3-5-10-17)21(27)16-30-23-24-20-13-7-6-12-19(20)22(28)26(23)15-18-11-8-14-29-18/h3-7,9-10,12-13,18H,2,8,11,14-16H2,1H3. The number of rotatable bonds is 7. The van der Waals surface area contributed by atoms with E-state index >= 15 is 0 Å². The molecular formula is C23H25N3O3S. The monoisotopic (exact) mass is 423 g/mol. The smallest absolute Gasteiger partial charge is 0.262 e. The average Bonchev–Trinajstić information content (AvgIpc) is 3.29. The van der Waals surface area contributed by atoms with Crippen LogP contribution >= 0.6 is 11.8 Å². The number of carbonyl (C=O) groups excluding carboxylic acids is 1. The van der Waals surface area contributed by atoms with E-state index in [1.807, 2.05) is 55.5 Å². The fraction of sp³-hybridized carbons (Fsp3) is 0.348. The summed E-state index contributed by atoms with van der Waals surface area (Å²) in [7, 11) is 0. The van der Waals surface area contributed by atoms with Crippen molar-refractivity contribution in [3.8, 4) is 0 Å². The maximum absolute atomic E-state index is 13.2. The van der Waals surface area contributed by atoms with Gasteiger partial charge in [-0.25, -0.2) is 4.98 Å². The van der Waals surface area contributed by atoms with E-state index in [0.29, 0.717) is 29.1 Å². The zero-order valence-corrected chi connectivity index (χ0v) is 17.8. The number of carbonyl (C=O) groups is 1. The van der Waals surface area contributed by atoms with Crippen molar-refractivity contribution in [2.24, 2.45) is 0 Å². The third-order valence-corrected chi connectivity index (χ3v) is 6.21. The van der Waals surface area contributed by atoms with E-state index in [2.05, 4.69) is 0 Å². The van der Waals surface area contributed by atoms with Crippen LogP contribution in [0.4, 0.5) is 5.69 Å². The fourth-order valence-electron chi connectivity index (χ4n) is 3.73. The van der Waals surface area contributed by atoms with Gasteiger partial charge >= 0.3 is 0 Å². The largest absolute Gasteiger partial charge is 0.376 e. The Bertz CT molecular complexity index is 1080. The van der Waals surface area contributed by atoms with Crippen LogP contribution in [0.25, 0.3) is 10.9 Å². The van der Waals surface area contributed by atoms with Gasteiger partial charge in [0, 0.05) is 18.8 Å². The van der Waals surface area contributed by atoms with Crippen LogP contribution in [0, 0.1) is 0 Å². The van der Waals surface area contributed by atoms with Crippen molar-refractivity contribution in [3.63, 3.8) is 0 Å². The zero-order chi connectivity index (χ0) is 20.9. The second-order valence-electron chi connectivity index (χ2n) is 7.22. The molecule has 1 saturated heterocycles. The van der Waals surface area contributed by atoms with Crippen LogP contribution in [0.3, 0.4) is 0 Å². The van der Waals surface area contributed by atoms with Gasteiger partial charge in [0.25, 0.3) is 5.56 Å². The molecule has 6 nitrogen and oxygen atoms in total. The summed E-state index contributed by atoms with van der Waals surface area (Å²) in [5.41, 5.74) is 1.44. The molecule has 0 spiro atoms. The van der Waals surface area contributed by atoms with Gasteiger partial charge in [0.05, 0.1) is 29.3 Å². The quantitative estimate of drug-likeness (QED) is 0.428. The van der Waals surface area contributed by atoms with Gasteiger partial charge in [0.1, 0.15) is 0 Å². The van der Waals surface area contributed by atoms with Gasteiger partial charge < -0.3 is 9.64 Å². The Morgan fingerprint density at radius 1 is 1.20 bits per heavy atom. The molecule has 1 aliphatic heterocycles. The molecule has 156 valence electrons. The lowest BCUT2D eigenvalue weighted by Crippen LogP contribution is -2.33. The maximum atomic E-state index is 13.2. The summed E-state index contributed by atoms with van der Waals surface area (Å²) in [5.74, 6) is 0.193. The Morgan fingerprint density at radius 2 is 1.97 bits per heavy atom. The third-order valence-electron chi connectivity index (χ3n) is 5.25. The average molecular weight is 424 g/mol. The molecule has 0 bridgehead atoms. The second kappa shape index (κ2) is 9.45. The number of hydrogen-bond donors (Lipinski definition) is 0. The van der Waals surface area contributed by atoms with Crippen LogP contribution in [0.5, 0.6) is 0 Å². The second-order valence-corrected chi connectivity index (χ2v) is 8.17. The van der Waals surface area contributed by atoms with E-state index in [1.54, 1.807) is 15.5 Å². The number of benzene rings is 2. The molecule has 1 atom stereocenters. The summed E-state index contributed by atoms with van der Waals surface area (Å²) in [6.07, 6.45) is 1.95. The summed E-state index contributed by atoms with van der Waals surface area (Å²) in [4.78, 5) is 32.5. The Kier molecular flexibility index (Phi) is 6.50. The van der Waals surface area contributed by atoms with Gasteiger partial charge in [-0.1, -0.05) is 42.1 Å². The van der Waals surface area contributed by atoms with E-state index in [9.17, 15) is 9.59 Å². The fourth-order valence-corrected chi connectivity index (χ4v) is 4.61. The first-order valence-corrected chi connectivity index (χ1v) is 11.3. The summed E-state index contributed by atoms with van der Waals surface area (Å²) in [6, 6.07) is 17.0. The molecule has 1 aliphatic rings. The predicted molar refractivity (Wildman–Crippen MR) is 120 cm³/mol. The van der Waals surface area contributed by atoms with Crippen LogP contribution in [0.2, 0.25) is 0 Å². The molecule has 1 fully saturated rings. The minimum Gasteiger partial charge on any atom is -0.376 e. The molecular weight excluding hydrogens is 398 g/mol. The number of hydrogen-bond acceptors (Lipinski definition) is 5. The van der Waals surface area contributed by atoms with E-state index < -0.39 is 0 Å². The van der Waals surface area contributed by atoms with Crippen molar-refractivity contribution < 1.29 is 9.53 Å². The highest BCUT2D eigenvalue weighted by Crippen LogP contribution is 2.22. The van der Waals surface area contributed by atoms with Crippen LogP contribution in [0.15, 0.2) is 64.5 Å². The first-order valence-electron chi connectivity index (χ1n) is 10.3.